The van der Waals surface area contributed by atoms with Crippen molar-refractivity contribution >= 4 is 11.9 Å². The number of hydrogen-bond acceptors (Lipinski definition) is 3. The second kappa shape index (κ2) is 10.5. The fourth-order valence-electron chi connectivity index (χ4n) is 1.81. The van der Waals surface area contributed by atoms with E-state index in [1.165, 1.54) is 6.07 Å². The summed E-state index contributed by atoms with van der Waals surface area (Å²) in [6, 6.07) is 6.32. The maximum Gasteiger partial charge on any atom is 0.251 e. The van der Waals surface area contributed by atoms with Gasteiger partial charge in [-0.3, -0.25) is 9.79 Å². The van der Waals surface area contributed by atoms with Crippen LogP contribution in [-0.2, 0) is 0 Å². The lowest BCUT2D eigenvalue weighted by atomic mass is 10.2. The standard InChI is InChI=1S/C16H26N4O2/c1-3-9-19-16(17-4-2)20-11-6-10-18-15(22)13-7-5-8-14(21)12-13/h5,7-8,12,21H,3-4,6,9-11H2,1-2H3,(H,18,22)(H2,17,19,20). The van der Waals surface area contributed by atoms with Crippen molar-refractivity contribution in [3.05, 3.63) is 29.8 Å². The van der Waals surface area contributed by atoms with Gasteiger partial charge in [-0.05, 0) is 38.0 Å². The zero-order valence-corrected chi connectivity index (χ0v) is 13.4. The predicted molar refractivity (Wildman–Crippen MR) is 89.3 cm³/mol. The third-order valence-electron chi connectivity index (χ3n) is 2.88. The number of hydrogen-bond donors (Lipinski definition) is 4. The molecular formula is C16H26N4O2. The fourth-order valence-corrected chi connectivity index (χ4v) is 1.81. The molecule has 6 nitrogen and oxygen atoms in total. The SMILES string of the molecule is CCCN=C(NCC)NCCCNC(=O)c1cccc(O)c1. The van der Waals surface area contributed by atoms with Gasteiger partial charge in [0.1, 0.15) is 5.75 Å². The van der Waals surface area contributed by atoms with Crippen molar-refractivity contribution in [1.29, 1.82) is 0 Å². The van der Waals surface area contributed by atoms with Gasteiger partial charge in [0, 0.05) is 31.7 Å². The Kier molecular flexibility index (Phi) is 8.49. The van der Waals surface area contributed by atoms with Crippen molar-refractivity contribution < 1.29 is 9.90 Å². The summed E-state index contributed by atoms with van der Waals surface area (Å²) >= 11 is 0. The highest BCUT2D eigenvalue weighted by molar-refractivity contribution is 5.94. The molecule has 0 bridgehead atoms. The lowest BCUT2D eigenvalue weighted by Gasteiger charge is -2.11. The summed E-state index contributed by atoms with van der Waals surface area (Å²) < 4.78 is 0. The van der Waals surface area contributed by atoms with Crippen molar-refractivity contribution in [3.63, 3.8) is 0 Å². The molecule has 0 radical (unpaired) electrons. The molecule has 0 spiro atoms. The van der Waals surface area contributed by atoms with Gasteiger partial charge in [0.05, 0.1) is 0 Å². The Balaban J connectivity index is 2.25. The summed E-state index contributed by atoms with van der Waals surface area (Å²) in [5, 5.41) is 18.6. The molecule has 0 saturated heterocycles. The van der Waals surface area contributed by atoms with Gasteiger partial charge in [-0.25, -0.2) is 0 Å². The second-order valence-corrected chi connectivity index (χ2v) is 4.85. The Morgan fingerprint density at radius 2 is 1.95 bits per heavy atom. The summed E-state index contributed by atoms with van der Waals surface area (Å²) in [4.78, 5) is 16.3. The van der Waals surface area contributed by atoms with E-state index in [1.54, 1.807) is 18.2 Å². The van der Waals surface area contributed by atoms with E-state index < -0.39 is 0 Å². The van der Waals surface area contributed by atoms with Gasteiger partial charge in [0.2, 0.25) is 0 Å². The third-order valence-corrected chi connectivity index (χ3v) is 2.88. The number of carbonyl (C=O) groups excluding carboxylic acids is 1. The highest BCUT2D eigenvalue weighted by atomic mass is 16.3. The number of benzene rings is 1. The van der Waals surface area contributed by atoms with E-state index in [0.717, 1.165) is 38.4 Å². The molecule has 0 atom stereocenters. The van der Waals surface area contributed by atoms with Crippen molar-refractivity contribution in [2.45, 2.75) is 26.7 Å². The van der Waals surface area contributed by atoms with Gasteiger partial charge in [-0.1, -0.05) is 13.0 Å². The number of phenols is 1. The van der Waals surface area contributed by atoms with E-state index in [4.69, 9.17) is 0 Å². The van der Waals surface area contributed by atoms with Gasteiger partial charge in [-0.15, -0.1) is 0 Å². The van der Waals surface area contributed by atoms with E-state index in [0.29, 0.717) is 12.1 Å². The number of aliphatic imine (C=N–C) groups is 1. The van der Waals surface area contributed by atoms with Crippen LogP contribution in [0.4, 0.5) is 0 Å². The predicted octanol–water partition coefficient (Wildman–Crippen LogP) is 1.48. The molecule has 1 aromatic rings. The topological polar surface area (TPSA) is 85.8 Å². The zero-order chi connectivity index (χ0) is 16.2. The minimum absolute atomic E-state index is 0.0942. The van der Waals surface area contributed by atoms with Crippen LogP contribution in [0.3, 0.4) is 0 Å². The smallest absolute Gasteiger partial charge is 0.251 e. The number of aromatic hydroxyl groups is 1. The number of nitrogens with one attached hydrogen (secondary N) is 3. The zero-order valence-electron chi connectivity index (χ0n) is 13.4. The molecule has 0 aliphatic carbocycles. The molecule has 22 heavy (non-hydrogen) atoms. The van der Waals surface area contributed by atoms with Gasteiger partial charge in [0.15, 0.2) is 5.96 Å². The number of nitrogens with zero attached hydrogens (tertiary/aromatic N) is 1. The summed E-state index contributed by atoms with van der Waals surface area (Å²) in [6.07, 6.45) is 1.80. The van der Waals surface area contributed by atoms with Crippen molar-refractivity contribution in [1.82, 2.24) is 16.0 Å². The second-order valence-electron chi connectivity index (χ2n) is 4.85. The van der Waals surface area contributed by atoms with Crippen LogP contribution >= 0.6 is 0 Å². The van der Waals surface area contributed by atoms with Crippen LogP contribution in [0.15, 0.2) is 29.3 Å². The molecule has 0 saturated carbocycles. The third kappa shape index (κ3) is 6.97. The average molecular weight is 306 g/mol. The van der Waals surface area contributed by atoms with Crippen LogP contribution in [-0.4, -0.2) is 43.2 Å². The maximum absolute atomic E-state index is 11.9. The fraction of sp³-hybridized carbons (Fsp3) is 0.500. The molecule has 1 aromatic carbocycles. The van der Waals surface area contributed by atoms with Crippen molar-refractivity contribution in [2.24, 2.45) is 4.99 Å². The minimum Gasteiger partial charge on any atom is -0.508 e. The first-order valence-electron chi connectivity index (χ1n) is 7.76. The Morgan fingerprint density at radius 1 is 1.18 bits per heavy atom. The van der Waals surface area contributed by atoms with E-state index in [1.807, 2.05) is 6.92 Å². The minimum atomic E-state index is -0.178. The Hall–Kier alpha value is -2.24. The summed E-state index contributed by atoms with van der Waals surface area (Å²) in [7, 11) is 0. The maximum atomic E-state index is 11.9. The molecule has 0 fully saturated rings. The molecule has 1 rings (SSSR count). The largest absolute Gasteiger partial charge is 0.508 e. The van der Waals surface area contributed by atoms with Gasteiger partial charge in [0.25, 0.3) is 5.91 Å². The molecule has 6 heteroatoms. The normalized spacial score (nSPS) is 11.1. The molecule has 4 N–H and O–H groups in total. The van der Waals surface area contributed by atoms with Crippen molar-refractivity contribution in [2.75, 3.05) is 26.2 Å². The van der Waals surface area contributed by atoms with E-state index in [-0.39, 0.29) is 11.7 Å². The molecular weight excluding hydrogens is 280 g/mol. The summed E-state index contributed by atoms with van der Waals surface area (Å²) in [5.41, 5.74) is 0.464. The Morgan fingerprint density at radius 3 is 2.64 bits per heavy atom. The monoisotopic (exact) mass is 306 g/mol. The average Bonchev–Trinajstić information content (AvgIpc) is 2.52. The van der Waals surface area contributed by atoms with Crippen LogP contribution in [0.2, 0.25) is 0 Å². The Labute approximate surface area is 132 Å². The van der Waals surface area contributed by atoms with E-state index in [9.17, 15) is 9.90 Å². The first-order chi connectivity index (χ1) is 10.7. The number of guanidine groups is 1. The van der Waals surface area contributed by atoms with Crippen LogP contribution in [0, 0.1) is 0 Å². The number of phenolic OH excluding ortho intramolecular Hbond substituents is 1. The molecule has 0 heterocycles. The number of carbonyl (C=O) groups is 1. The highest BCUT2D eigenvalue weighted by Gasteiger charge is 2.05. The first-order valence-corrected chi connectivity index (χ1v) is 7.76. The van der Waals surface area contributed by atoms with Crippen LogP contribution < -0.4 is 16.0 Å². The van der Waals surface area contributed by atoms with Gasteiger partial charge < -0.3 is 21.1 Å². The van der Waals surface area contributed by atoms with E-state index >= 15 is 0 Å². The lowest BCUT2D eigenvalue weighted by Crippen LogP contribution is -2.38. The number of rotatable bonds is 8. The molecule has 0 aliphatic rings. The molecule has 1 amide bonds. The van der Waals surface area contributed by atoms with Crippen LogP contribution in [0.1, 0.15) is 37.0 Å². The summed E-state index contributed by atoms with van der Waals surface area (Å²) in [6.45, 7) is 7.03. The first kappa shape index (κ1) is 17.8. The van der Waals surface area contributed by atoms with E-state index in [2.05, 4.69) is 27.9 Å². The molecule has 122 valence electrons. The lowest BCUT2D eigenvalue weighted by molar-refractivity contribution is 0.0953. The Bertz CT molecular complexity index is 489. The quantitative estimate of drug-likeness (QED) is 0.333. The van der Waals surface area contributed by atoms with Crippen LogP contribution in [0.5, 0.6) is 5.75 Å². The number of amides is 1. The van der Waals surface area contributed by atoms with Crippen LogP contribution in [0.25, 0.3) is 0 Å². The van der Waals surface area contributed by atoms with Gasteiger partial charge >= 0.3 is 0 Å². The molecule has 0 unspecified atom stereocenters. The van der Waals surface area contributed by atoms with Gasteiger partial charge in [-0.2, -0.15) is 0 Å². The summed E-state index contributed by atoms with van der Waals surface area (Å²) in [5.74, 6) is 0.725. The highest BCUT2D eigenvalue weighted by Crippen LogP contribution is 2.10. The molecule has 0 aromatic heterocycles. The molecule has 0 aliphatic heterocycles. The van der Waals surface area contributed by atoms with Crippen molar-refractivity contribution in [3.8, 4) is 5.75 Å².